The van der Waals surface area contributed by atoms with Gasteiger partial charge >= 0.3 is 0 Å². The van der Waals surface area contributed by atoms with E-state index in [1.54, 1.807) is 45.5 Å². The number of hydrogen-bond donors (Lipinski definition) is 0. The van der Waals surface area contributed by atoms with E-state index >= 15 is 0 Å². The molecule has 1 aliphatic heterocycles. The lowest BCUT2D eigenvalue weighted by atomic mass is 9.95. The van der Waals surface area contributed by atoms with Crippen molar-refractivity contribution in [2.75, 3.05) is 34.4 Å². The minimum atomic E-state index is -0.244. The second kappa shape index (κ2) is 9.77. The maximum absolute atomic E-state index is 13.7. The van der Waals surface area contributed by atoms with Gasteiger partial charge in [0, 0.05) is 36.7 Å². The third kappa shape index (κ3) is 4.52. The number of nitrogens with zero attached hydrogens (tertiary/aromatic N) is 1. The number of hydrogen-bond acceptors (Lipinski definition) is 6. The number of methoxy groups -OCH3 is 1. The number of benzene rings is 3. The van der Waals surface area contributed by atoms with Crippen molar-refractivity contribution in [3.05, 3.63) is 77.6 Å². The predicted molar refractivity (Wildman–Crippen MR) is 136 cm³/mol. The molecule has 1 aromatic heterocycles. The Labute approximate surface area is 209 Å². The topological polar surface area (TPSA) is 78.2 Å². The number of likely N-dealkylation sites (N-methyl/N-ethyl adjacent to an activating group) is 1. The van der Waals surface area contributed by atoms with Crippen LogP contribution in [-0.4, -0.2) is 51.0 Å². The van der Waals surface area contributed by atoms with Crippen molar-refractivity contribution in [2.45, 2.75) is 12.8 Å². The maximum Gasteiger partial charge on any atom is 0.259 e. The van der Waals surface area contributed by atoms with Crippen LogP contribution in [0.15, 0.2) is 65.1 Å². The first-order valence-electron chi connectivity index (χ1n) is 11.8. The summed E-state index contributed by atoms with van der Waals surface area (Å²) in [6, 6.07) is 18.2. The van der Waals surface area contributed by atoms with Crippen LogP contribution in [0, 0.1) is 0 Å². The second-order valence-corrected chi connectivity index (χ2v) is 8.87. The first-order valence-corrected chi connectivity index (χ1v) is 11.8. The SMILES string of the molecule is COc1ccc(-c2c(C(=O)c3ccc(OCC(=O)N(C)C)cc3)oc3cc4c(cc23)CCCO4)cc1. The Morgan fingerprint density at radius 2 is 1.69 bits per heavy atom. The lowest BCUT2D eigenvalue weighted by Crippen LogP contribution is -2.27. The van der Waals surface area contributed by atoms with E-state index in [0.29, 0.717) is 23.5 Å². The van der Waals surface area contributed by atoms with Crippen LogP contribution in [0.3, 0.4) is 0 Å². The van der Waals surface area contributed by atoms with Crippen LogP contribution in [0.25, 0.3) is 22.1 Å². The summed E-state index contributed by atoms with van der Waals surface area (Å²) >= 11 is 0. The van der Waals surface area contributed by atoms with E-state index in [9.17, 15) is 9.59 Å². The predicted octanol–water partition coefficient (Wildman–Crippen LogP) is 5.13. The van der Waals surface area contributed by atoms with Crippen LogP contribution in [0.2, 0.25) is 0 Å². The van der Waals surface area contributed by atoms with E-state index in [1.807, 2.05) is 30.3 Å². The molecule has 1 aliphatic rings. The number of amides is 1. The van der Waals surface area contributed by atoms with Gasteiger partial charge in [-0.2, -0.15) is 0 Å². The number of aryl methyl sites for hydroxylation is 1. The van der Waals surface area contributed by atoms with Crippen molar-refractivity contribution in [2.24, 2.45) is 0 Å². The molecule has 3 aromatic carbocycles. The van der Waals surface area contributed by atoms with Crippen molar-refractivity contribution >= 4 is 22.7 Å². The zero-order valence-corrected chi connectivity index (χ0v) is 20.5. The number of carbonyl (C=O) groups excluding carboxylic acids is 2. The molecule has 5 rings (SSSR count). The summed E-state index contributed by atoms with van der Waals surface area (Å²) in [5, 5.41) is 0.870. The van der Waals surface area contributed by atoms with E-state index in [1.165, 1.54) is 4.90 Å². The van der Waals surface area contributed by atoms with Gasteiger partial charge in [0.15, 0.2) is 12.4 Å². The van der Waals surface area contributed by atoms with Crippen LogP contribution >= 0.6 is 0 Å². The quantitative estimate of drug-likeness (QED) is 0.338. The summed E-state index contributed by atoms with van der Waals surface area (Å²) < 4.78 is 22.9. The minimum absolute atomic E-state index is 0.0712. The molecule has 36 heavy (non-hydrogen) atoms. The number of carbonyl (C=O) groups is 2. The van der Waals surface area contributed by atoms with E-state index < -0.39 is 0 Å². The van der Waals surface area contributed by atoms with Gasteiger partial charge in [-0.3, -0.25) is 9.59 Å². The first-order chi connectivity index (χ1) is 17.4. The molecule has 1 amide bonds. The molecule has 7 nitrogen and oxygen atoms in total. The fraction of sp³-hybridized carbons (Fsp3) is 0.241. The van der Waals surface area contributed by atoms with Crippen molar-refractivity contribution in [1.29, 1.82) is 0 Å². The smallest absolute Gasteiger partial charge is 0.259 e. The number of furan rings is 1. The highest BCUT2D eigenvalue weighted by atomic mass is 16.5. The Hall–Kier alpha value is -4.26. The number of ether oxygens (including phenoxy) is 3. The Morgan fingerprint density at radius 3 is 2.39 bits per heavy atom. The lowest BCUT2D eigenvalue weighted by molar-refractivity contribution is -0.130. The van der Waals surface area contributed by atoms with Gasteiger partial charge in [-0.1, -0.05) is 12.1 Å². The molecule has 0 bridgehead atoms. The molecule has 0 saturated carbocycles. The Bertz CT molecular complexity index is 1420. The largest absolute Gasteiger partial charge is 0.497 e. The van der Waals surface area contributed by atoms with Crippen LogP contribution in [-0.2, 0) is 11.2 Å². The summed E-state index contributed by atoms with van der Waals surface area (Å²) in [4.78, 5) is 26.9. The number of fused-ring (bicyclic) bond motifs is 2. The van der Waals surface area contributed by atoms with E-state index in [2.05, 4.69) is 6.07 Å². The summed E-state index contributed by atoms with van der Waals surface area (Å²) in [6.45, 7) is 0.600. The normalized spacial score (nSPS) is 12.5. The summed E-state index contributed by atoms with van der Waals surface area (Å²) in [6.07, 6.45) is 1.87. The maximum atomic E-state index is 13.7. The van der Waals surface area contributed by atoms with Crippen molar-refractivity contribution in [3.8, 4) is 28.4 Å². The second-order valence-electron chi connectivity index (χ2n) is 8.87. The molecule has 0 fully saturated rings. The standard InChI is InChI=1S/C29H27NO6/c1-30(2)26(31)17-35-22-12-8-19(9-13-22)28(32)29-27(18-6-10-21(33-3)11-7-18)23-15-20-5-4-14-34-24(20)16-25(23)36-29/h6-13,15-16H,4-5,14,17H2,1-3H3. The summed E-state index contributed by atoms with van der Waals surface area (Å²) in [5.74, 6) is 1.91. The molecule has 4 aromatic rings. The molecule has 184 valence electrons. The molecular formula is C29H27NO6. The van der Waals surface area contributed by atoms with Gasteiger partial charge in [-0.05, 0) is 66.4 Å². The first kappa shape index (κ1) is 23.5. The van der Waals surface area contributed by atoms with Gasteiger partial charge in [-0.15, -0.1) is 0 Å². The third-order valence-corrected chi connectivity index (χ3v) is 6.28. The highest BCUT2D eigenvalue weighted by molar-refractivity contribution is 6.16. The highest BCUT2D eigenvalue weighted by Gasteiger charge is 2.25. The molecule has 0 unspecified atom stereocenters. The van der Waals surface area contributed by atoms with Crippen LogP contribution in [0.4, 0.5) is 0 Å². The molecule has 0 N–H and O–H groups in total. The van der Waals surface area contributed by atoms with Gasteiger partial charge in [0.05, 0.1) is 13.7 Å². The van der Waals surface area contributed by atoms with Crippen molar-refractivity contribution in [3.63, 3.8) is 0 Å². The van der Waals surface area contributed by atoms with E-state index in [4.69, 9.17) is 18.6 Å². The monoisotopic (exact) mass is 485 g/mol. The molecule has 0 aliphatic carbocycles. The van der Waals surface area contributed by atoms with Gasteiger partial charge < -0.3 is 23.5 Å². The fourth-order valence-electron chi connectivity index (χ4n) is 4.26. The van der Waals surface area contributed by atoms with Crippen molar-refractivity contribution in [1.82, 2.24) is 4.90 Å². The summed E-state index contributed by atoms with van der Waals surface area (Å²) in [5.41, 5.74) is 3.76. The zero-order chi connectivity index (χ0) is 25.2. The minimum Gasteiger partial charge on any atom is -0.497 e. The number of ketones is 1. The molecule has 0 atom stereocenters. The van der Waals surface area contributed by atoms with Gasteiger partial charge in [-0.25, -0.2) is 0 Å². The van der Waals surface area contributed by atoms with Gasteiger partial charge in [0.1, 0.15) is 22.8 Å². The van der Waals surface area contributed by atoms with Gasteiger partial charge in [0.25, 0.3) is 5.91 Å². The van der Waals surface area contributed by atoms with E-state index in [-0.39, 0.29) is 24.1 Å². The third-order valence-electron chi connectivity index (χ3n) is 6.28. The zero-order valence-electron chi connectivity index (χ0n) is 20.5. The Kier molecular flexibility index (Phi) is 6.38. The van der Waals surface area contributed by atoms with Crippen molar-refractivity contribution < 1.29 is 28.2 Å². The van der Waals surface area contributed by atoms with Crippen LogP contribution < -0.4 is 14.2 Å². The molecule has 0 saturated heterocycles. The molecule has 0 spiro atoms. The van der Waals surface area contributed by atoms with Crippen LogP contribution in [0.5, 0.6) is 17.2 Å². The average Bonchev–Trinajstić information content (AvgIpc) is 3.28. The lowest BCUT2D eigenvalue weighted by Gasteiger charge is -2.16. The molecule has 2 heterocycles. The average molecular weight is 486 g/mol. The molecule has 7 heteroatoms. The fourth-order valence-corrected chi connectivity index (χ4v) is 4.26. The summed E-state index contributed by atoms with van der Waals surface area (Å²) in [7, 11) is 4.96. The number of rotatable bonds is 7. The highest BCUT2D eigenvalue weighted by Crippen LogP contribution is 2.40. The molecular weight excluding hydrogens is 458 g/mol. The Balaban J connectivity index is 1.53. The van der Waals surface area contributed by atoms with Gasteiger partial charge in [0.2, 0.25) is 5.78 Å². The van der Waals surface area contributed by atoms with Crippen LogP contribution in [0.1, 0.15) is 28.1 Å². The van der Waals surface area contributed by atoms with E-state index in [0.717, 1.165) is 46.4 Å². The Morgan fingerprint density at radius 1 is 0.972 bits per heavy atom. The molecule has 0 radical (unpaired) electrons.